The normalized spacial score (nSPS) is 33.8. The second-order valence-electron chi connectivity index (χ2n) is 2.79. The Labute approximate surface area is 62.6 Å². The molecule has 11 heavy (non-hydrogen) atoms. The molecule has 1 radical (unpaired) electrons. The van der Waals surface area contributed by atoms with E-state index in [-0.39, 0.29) is 19.3 Å². The average Bonchev–Trinajstić information content (AvgIpc) is 1.86. The predicted octanol–water partition coefficient (Wildman–Crippen LogP) is 2.89. The van der Waals surface area contributed by atoms with Crippen LogP contribution in [0.2, 0.25) is 0 Å². The Kier molecular flexibility index (Phi) is 2.40. The fraction of sp³-hybridized carbons (Fsp3) is 0.857. The van der Waals surface area contributed by atoms with Gasteiger partial charge < -0.3 is 0 Å². The van der Waals surface area contributed by atoms with Crippen molar-refractivity contribution in [3.63, 3.8) is 0 Å². The van der Waals surface area contributed by atoms with Crippen molar-refractivity contribution in [3.05, 3.63) is 6.42 Å². The van der Waals surface area contributed by atoms with E-state index in [0.29, 0.717) is 0 Å². The van der Waals surface area contributed by atoms with Crippen molar-refractivity contribution in [3.8, 4) is 0 Å². The third-order valence-corrected chi connectivity index (χ3v) is 1.86. The van der Waals surface area contributed by atoms with Gasteiger partial charge in [-0.05, 0) is 25.7 Å². The lowest BCUT2D eigenvalue weighted by atomic mass is 9.88. The molecular weight excluding hydrogens is 160 g/mol. The van der Waals surface area contributed by atoms with Gasteiger partial charge in [0.05, 0.1) is 5.92 Å². The van der Waals surface area contributed by atoms with Crippen molar-refractivity contribution in [2.75, 3.05) is 0 Å². The van der Waals surface area contributed by atoms with Crippen LogP contribution in [0.15, 0.2) is 0 Å². The van der Waals surface area contributed by atoms with Gasteiger partial charge in [0, 0.05) is 0 Å². The molecule has 1 saturated carbocycles. The van der Waals surface area contributed by atoms with Gasteiger partial charge in [0.25, 0.3) is 0 Å². The third kappa shape index (κ3) is 2.34. The van der Waals surface area contributed by atoms with E-state index in [0.717, 1.165) is 6.42 Å². The molecule has 0 nitrogen and oxygen atoms in total. The summed E-state index contributed by atoms with van der Waals surface area (Å²) in [6.07, 6.45) is -4.26. The minimum atomic E-state index is -4.25. The first kappa shape index (κ1) is 8.81. The summed E-state index contributed by atoms with van der Waals surface area (Å²) in [7, 11) is 0. The Balaban J connectivity index is 2.46. The molecule has 0 aromatic heterocycles. The van der Waals surface area contributed by atoms with Crippen molar-refractivity contribution >= 4 is 0 Å². The molecule has 1 aliphatic carbocycles. The standard InChI is InChI=1S/C7H9F4/c8-6-3-1-2-5(4-6)7(9,10)11/h2,5-6H,1,3-4H2. The molecule has 0 heterocycles. The second kappa shape index (κ2) is 2.99. The number of rotatable bonds is 0. The lowest BCUT2D eigenvalue weighted by molar-refractivity contribution is -0.174. The van der Waals surface area contributed by atoms with Gasteiger partial charge in [-0.3, -0.25) is 0 Å². The fourth-order valence-electron chi connectivity index (χ4n) is 1.24. The van der Waals surface area contributed by atoms with Crippen LogP contribution in [0.5, 0.6) is 0 Å². The smallest absolute Gasteiger partial charge is 0.247 e. The van der Waals surface area contributed by atoms with E-state index < -0.39 is 18.3 Å². The van der Waals surface area contributed by atoms with Gasteiger partial charge in [-0.15, -0.1) is 0 Å². The number of hydrogen-bond acceptors (Lipinski definition) is 0. The maximum Gasteiger partial charge on any atom is 0.392 e. The molecule has 0 spiro atoms. The maximum absolute atomic E-state index is 12.4. The van der Waals surface area contributed by atoms with Crippen LogP contribution in [-0.4, -0.2) is 12.3 Å². The molecule has 1 aliphatic rings. The molecule has 4 heteroatoms. The number of alkyl halides is 4. The molecule has 0 aromatic rings. The summed E-state index contributed by atoms with van der Waals surface area (Å²) < 4.78 is 48.2. The first-order chi connectivity index (χ1) is 5.00. The molecule has 0 bridgehead atoms. The van der Waals surface area contributed by atoms with E-state index in [9.17, 15) is 17.6 Å². The highest BCUT2D eigenvalue weighted by Crippen LogP contribution is 2.37. The molecule has 0 amide bonds. The van der Waals surface area contributed by atoms with E-state index in [1.165, 1.54) is 0 Å². The highest BCUT2D eigenvalue weighted by molar-refractivity contribution is 4.89. The van der Waals surface area contributed by atoms with Crippen LogP contribution in [0.1, 0.15) is 19.3 Å². The van der Waals surface area contributed by atoms with Crippen LogP contribution >= 0.6 is 0 Å². The lowest BCUT2D eigenvalue weighted by Gasteiger charge is -2.25. The predicted molar refractivity (Wildman–Crippen MR) is 32.6 cm³/mol. The van der Waals surface area contributed by atoms with Gasteiger partial charge in [-0.2, -0.15) is 13.2 Å². The Hall–Kier alpha value is -0.280. The van der Waals surface area contributed by atoms with Crippen LogP contribution in [0.4, 0.5) is 17.6 Å². The number of halogens is 4. The van der Waals surface area contributed by atoms with E-state index in [4.69, 9.17) is 0 Å². The van der Waals surface area contributed by atoms with Crippen LogP contribution in [0, 0.1) is 12.3 Å². The number of hydrogen-bond donors (Lipinski definition) is 0. The van der Waals surface area contributed by atoms with E-state index in [1.807, 2.05) is 0 Å². The summed E-state index contributed by atoms with van der Waals surface area (Å²) in [5.41, 5.74) is 0. The van der Waals surface area contributed by atoms with Crippen molar-refractivity contribution in [2.45, 2.75) is 31.6 Å². The van der Waals surface area contributed by atoms with Crippen molar-refractivity contribution in [1.82, 2.24) is 0 Å². The quantitative estimate of drug-likeness (QED) is 0.489. The summed E-state index contributed by atoms with van der Waals surface area (Å²) >= 11 is 0. The van der Waals surface area contributed by atoms with Gasteiger partial charge in [0.2, 0.25) is 0 Å². The Morgan fingerprint density at radius 3 is 2.27 bits per heavy atom. The van der Waals surface area contributed by atoms with E-state index in [1.54, 1.807) is 0 Å². The van der Waals surface area contributed by atoms with Crippen LogP contribution in [0.3, 0.4) is 0 Å². The third-order valence-electron chi connectivity index (χ3n) is 1.86. The molecule has 0 aliphatic heterocycles. The molecule has 2 unspecified atom stereocenters. The summed E-state index contributed by atoms with van der Waals surface area (Å²) in [6, 6.07) is 0. The van der Waals surface area contributed by atoms with Gasteiger partial charge in [0.15, 0.2) is 0 Å². The van der Waals surface area contributed by atoms with E-state index >= 15 is 0 Å². The Morgan fingerprint density at radius 1 is 1.27 bits per heavy atom. The Morgan fingerprint density at radius 2 is 1.91 bits per heavy atom. The Bertz CT molecular complexity index is 129. The minimum Gasteiger partial charge on any atom is -0.247 e. The highest BCUT2D eigenvalue weighted by Gasteiger charge is 2.42. The lowest BCUT2D eigenvalue weighted by Crippen LogP contribution is -2.29. The van der Waals surface area contributed by atoms with Crippen LogP contribution in [-0.2, 0) is 0 Å². The zero-order valence-electron chi connectivity index (χ0n) is 5.87. The zero-order chi connectivity index (χ0) is 8.48. The van der Waals surface area contributed by atoms with Gasteiger partial charge in [-0.1, -0.05) is 0 Å². The van der Waals surface area contributed by atoms with E-state index in [2.05, 4.69) is 0 Å². The van der Waals surface area contributed by atoms with Gasteiger partial charge >= 0.3 is 6.18 Å². The highest BCUT2D eigenvalue weighted by atomic mass is 19.4. The summed E-state index contributed by atoms with van der Waals surface area (Å²) in [5.74, 6) is -1.52. The fourth-order valence-corrected chi connectivity index (χ4v) is 1.24. The monoisotopic (exact) mass is 169 g/mol. The molecular formula is C7H9F4. The molecule has 1 fully saturated rings. The van der Waals surface area contributed by atoms with Crippen molar-refractivity contribution in [1.29, 1.82) is 0 Å². The maximum atomic E-state index is 12.4. The first-order valence-electron chi connectivity index (χ1n) is 3.54. The zero-order valence-corrected chi connectivity index (χ0v) is 5.87. The topological polar surface area (TPSA) is 0 Å². The molecule has 0 saturated heterocycles. The molecule has 0 aromatic carbocycles. The summed E-state index contributed by atoms with van der Waals surface area (Å²) in [4.78, 5) is 0. The van der Waals surface area contributed by atoms with Crippen molar-refractivity contribution in [2.24, 2.45) is 5.92 Å². The SMILES string of the molecule is FC1CC[CH]C(C(F)(F)F)C1. The van der Waals surface area contributed by atoms with Gasteiger partial charge in [0.1, 0.15) is 6.17 Å². The van der Waals surface area contributed by atoms with Crippen molar-refractivity contribution < 1.29 is 17.6 Å². The van der Waals surface area contributed by atoms with Crippen LogP contribution < -0.4 is 0 Å². The molecule has 1 rings (SSSR count). The van der Waals surface area contributed by atoms with Crippen LogP contribution in [0.25, 0.3) is 0 Å². The minimum absolute atomic E-state index is 0.241. The molecule has 0 N–H and O–H groups in total. The molecule has 65 valence electrons. The second-order valence-corrected chi connectivity index (χ2v) is 2.79. The molecule has 2 atom stereocenters. The first-order valence-corrected chi connectivity index (χ1v) is 3.54. The van der Waals surface area contributed by atoms with Gasteiger partial charge in [-0.25, -0.2) is 4.39 Å². The summed E-state index contributed by atoms with van der Waals surface area (Å²) in [5, 5.41) is 0. The summed E-state index contributed by atoms with van der Waals surface area (Å²) in [6.45, 7) is 0. The average molecular weight is 169 g/mol. The largest absolute Gasteiger partial charge is 0.392 e.